The van der Waals surface area contributed by atoms with E-state index >= 15 is 0 Å². The van der Waals surface area contributed by atoms with Crippen molar-refractivity contribution >= 4 is 5.97 Å². The van der Waals surface area contributed by atoms with Crippen LogP contribution in [0.3, 0.4) is 0 Å². The minimum Gasteiger partial charge on any atom is -0.458 e. The van der Waals surface area contributed by atoms with Crippen molar-refractivity contribution in [1.29, 1.82) is 0 Å². The molecule has 0 unspecified atom stereocenters. The van der Waals surface area contributed by atoms with Crippen LogP contribution in [0.4, 0.5) is 8.78 Å². The Balaban J connectivity index is 1.60. The van der Waals surface area contributed by atoms with E-state index in [2.05, 4.69) is 13.5 Å². The van der Waals surface area contributed by atoms with Gasteiger partial charge in [-0.05, 0) is 72.9 Å². The summed E-state index contributed by atoms with van der Waals surface area (Å²) in [7, 11) is 0. The zero-order chi connectivity index (χ0) is 21.6. The fourth-order valence-corrected chi connectivity index (χ4v) is 3.93. The molecule has 2 aromatic carbocycles. The van der Waals surface area contributed by atoms with Crippen molar-refractivity contribution in [3.05, 3.63) is 77.9 Å². The molecule has 0 bridgehead atoms. The Kier molecular flexibility index (Phi) is 7.24. The Hall–Kier alpha value is -2.69. The minimum atomic E-state index is -3.44. The fourth-order valence-electron chi connectivity index (χ4n) is 3.93. The predicted octanol–water partition coefficient (Wildman–Crippen LogP) is 6.73. The van der Waals surface area contributed by atoms with E-state index in [0.717, 1.165) is 30.4 Å². The van der Waals surface area contributed by atoms with Crippen LogP contribution < -0.4 is 4.74 Å². The van der Waals surface area contributed by atoms with Gasteiger partial charge in [-0.3, -0.25) is 0 Å². The van der Waals surface area contributed by atoms with Crippen LogP contribution in [0.2, 0.25) is 0 Å². The van der Waals surface area contributed by atoms with Gasteiger partial charge in [0.1, 0.15) is 12.4 Å². The molecule has 3 nitrogen and oxygen atoms in total. The quantitative estimate of drug-likeness (QED) is 0.355. The maximum Gasteiger partial charge on any atom is 0.426 e. The van der Waals surface area contributed by atoms with E-state index < -0.39 is 12.1 Å². The van der Waals surface area contributed by atoms with E-state index in [1.807, 2.05) is 0 Å². The fraction of sp³-hybridized carbons (Fsp3) is 0.400. The van der Waals surface area contributed by atoms with Crippen LogP contribution in [0.5, 0.6) is 5.75 Å². The number of ether oxygens (including phenoxy) is 2. The lowest BCUT2D eigenvalue weighted by atomic mass is 9.78. The van der Waals surface area contributed by atoms with Crippen LogP contribution in [0, 0.1) is 5.92 Å². The van der Waals surface area contributed by atoms with Gasteiger partial charge in [-0.2, -0.15) is 8.78 Å². The Morgan fingerprint density at radius 1 is 1.07 bits per heavy atom. The molecule has 30 heavy (non-hydrogen) atoms. The molecule has 2 aromatic rings. The average molecular weight is 414 g/mol. The smallest absolute Gasteiger partial charge is 0.426 e. The summed E-state index contributed by atoms with van der Waals surface area (Å²) >= 11 is 0. The summed E-state index contributed by atoms with van der Waals surface area (Å²) in [6.45, 7) is 5.59. The molecule has 0 saturated heterocycles. The molecule has 160 valence electrons. The van der Waals surface area contributed by atoms with E-state index in [9.17, 15) is 13.6 Å². The molecule has 0 aliphatic heterocycles. The largest absolute Gasteiger partial charge is 0.458 e. The third-order valence-corrected chi connectivity index (χ3v) is 5.86. The Morgan fingerprint density at radius 2 is 1.70 bits per heavy atom. The second kappa shape index (κ2) is 9.88. The Morgan fingerprint density at radius 3 is 2.27 bits per heavy atom. The van der Waals surface area contributed by atoms with Crippen LogP contribution >= 0.6 is 0 Å². The van der Waals surface area contributed by atoms with Gasteiger partial charge in [0.2, 0.25) is 0 Å². The number of rotatable bonds is 8. The van der Waals surface area contributed by atoms with Gasteiger partial charge >= 0.3 is 12.1 Å². The van der Waals surface area contributed by atoms with Crippen molar-refractivity contribution in [3.8, 4) is 5.75 Å². The van der Waals surface area contributed by atoms with Gasteiger partial charge < -0.3 is 9.47 Å². The molecule has 1 aliphatic carbocycles. The highest BCUT2D eigenvalue weighted by atomic mass is 19.3. The number of benzene rings is 2. The minimum absolute atomic E-state index is 0.0424. The number of carbonyl (C=O) groups excluding carboxylic acids is 1. The summed E-state index contributed by atoms with van der Waals surface area (Å²) in [5, 5.41) is 0. The van der Waals surface area contributed by atoms with E-state index in [4.69, 9.17) is 9.47 Å². The first kappa shape index (κ1) is 22.0. The molecular formula is C25H28F2O3. The summed E-state index contributed by atoms with van der Waals surface area (Å²) < 4.78 is 39.1. The summed E-state index contributed by atoms with van der Waals surface area (Å²) in [5.74, 6) is 0.766. The lowest BCUT2D eigenvalue weighted by Gasteiger charge is -2.28. The third kappa shape index (κ3) is 5.68. The van der Waals surface area contributed by atoms with Gasteiger partial charge in [0.15, 0.2) is 0 Å². The normalized spacial score (nSPS) is 19.2. The molecule has 5 heteroatoms. The molecule has 1 saturated carbocycles. The molecule has 0 radical (unpaired) electrons. The molecule has 0 spiro atoms. The van der Waals surface area contributed by atoms with Crippen molar-refractivity contribution in [3.63, 3.8) is 0 Å². The second-order valence-electron chi connectivity index (χ2n) is 7.82. The lowest BCUT2D eigenvalue weighted by Crippen LogP contribution is -2.22. The van der Waals surface area contributed by atoms with Gasteiger partial charge in [-0.15, -0.1) is 0 Å². The van der Waals surface area contributed by atoms with E-state index in [1.165, 1.54) is 43.5 Å². The van der Waals surface area contributed by atoms with Crippen LogP contribution in [0.15, 0.2) is 61.2 Å². The highest BCUT2D eigenvalue weighted by molar-refractivity contribution is 5.81. The molecule has 0 aromatic heterocycles. The Labute approximate surface area is 176 Å². The SMILES string of the molecule is C=CC(=O)OCc1ccc(OC(F)(F)c2ccc(C3CCC(CC)CC3)cc2)cc1. The molecule has 1 aliphatic rings. The van der Waals surface area contributed by atoms with Crippen molar-refractivity contribution in [2.24, 2.45) is 5.92 Å². The van der Waals surface area contributed by atoms with Crippen LogP contribution in [0.25, 0.3) is 0 Å². The number of hydrogen-bond acceptors (Lipinski definition) is 3. The number of hydrogen-bond donors (Lipinski definition) is 0. The number of esters is 1. The first-order valence-corrected chi connectivity index (χ1v) is 10.5. The zero-order valence-corrected chi connectivity index (χ0v) is 17.3. The molecular weight excluding hydrogens is 386 g/mol. The summed E-state index contributed by atoms with van der Waals surface area (Å²) in [4.78, 5) is 11.1. The van der Waals surface area contributed by atoms with E-state index in [0.29, 0.717) is 11.5 Å². The number of halogens is 2. The zero-order valence-electron chi connectivity index (χ0n) is 17.3. The van der Waals surface area contributed by atoms with Gasteiger partial charge in [0.25, 0.3) is 0 Å². The highest BCUT2D eigenvalue weighted by Gasteiger charge is 2.34. The molecule has 0 amide bonds. The van der Waals surface area contributed by atoms with Crippen LogP contribution in [-0.2, 0) is 22.2 Å². The number of carbonyl (C=O) groups is 1. The highest BCUT2D eigenvalue weighted by Crippen LogP contribution is 2.38. The molecule has 3 rings (SSSR count). The second-order valence-corrected chi connectivity index (χ2v) is 7.82. The van der Waals surface area contributed by atoms with Crippen LogP contribution in [0.1, 0.15) is 61.6 Å². The molecule has 0 N–H and O–H groups in total. The van der Waals surface area contributed by atoms with E-state index in [1.54, 1.807) is 24.3 Å². The average Bonchev–Trinajstić information content (AvgIpc) is 2.78. The number of alkyl halides is 2. The topological polar surface area (TPSA) is 35.5 Å². The maximum absolute atomic E-state index is 14.6. The summed E-state index contributed by atoms with van der Waals surface area (Å²) in [6, 6.07) is 12.6. The molecule has 1 fully saturated rings. The first-order valence-electron chi connectivity index (χ1n) is 10.5. The predicted molar refractivity (Wildman–Crippen MR) is 112 cm³/mol. The molecule has 0 atom stereocenters. The van der Waals surface area contributed by atoms with Gasteiger partial charge in [0, 0.05) is 6.08 Å². The van der Waals surface area contributed by atoms with E-state index in [-0.39, 0.29) is 17.9 Å². The lowest BCUT2D eigenvalue weighted by molar-refractivity contribution is -0.185. The van der Waals surface area contributed by atoms with Gasteiger partial charge in [-0.1, -0.05) is 44.2 Å². The standard InChI is InChI=1S/C25H28F2O3/c1-3-18-5-9-20(10-6-18)21-11-13-22(14-12-21)25(26,27)30-23-15-7-19(8-16-23)17-29-24(28)4-2/h4,7-8,11-16,18,20H,2-3,5-6,9-10,17H2,1H3. The van der Waals surface area contributed by atoms with Gasteiger partial charge in [-0.25, -0.2) is 4.79 Å². The summed E-state index contributed by atoms with van der Waals surface area (Å²) in [5.41, 5.74) is 1.63. The monoisotopic (exact) mass is 414 g/mol. The van der Waals surface area contributed by atoms with Crippen molar-refractivity contribution in [2.75, 3.05) is 0 Å². The van der Waals surface area contributed by atoms with Crippen molar-refractivity contribution < 1.29 is 23.0 Å². The third-order valence-electron chi connectivity index (χ3n) is 5.86. The Bertz CT molecular complexity index is 836. The van der Waals surface area contributed by atoms with Gasteiger partial charge in [0.05, 0.1) is 5.56 Å². The van der Waals surface area contributed by atoms with Crippen molar-refractivity contribution in [2.45, 2.75) is 57.7 Å². The van der Waals surface area contributed by atoms with Crippen molar-refractivity contribution in [1.82, 2.24) is 0 Å². The molecule has 0 heterocycles. The summed E-state index contributed by atoms with van der Waals surface area (Å²) in [6.07, 6.45) is 3.53. The first-order chi connectivity index (χ1) is 14.4. The maximum atomic E-state index is 14.6. The van der Waals surface area contributed by atoms with Crippen LogP contribution in [-0.4, -0.2) is 5.97 Å².